The van der Waals surface area contributed by atoms with Crippen molar-refractivity contribution in [3.63, 3.8) is 0 Å². The summed E-state index contributed by atoms with van der Waals surface area (Å²) in [5.41, 5.74) is 1.58. The van der Waals surface area contributed by atoms with E-state index in [2.05, 4.69) is 10.6 Å². The zero-order valence-electron chi connectivity index (χ0n) is 17.8. The average Bonchev–Trinajstić information content (AvgIpc) is 3.39. The lowest BCUT2D eigenvalue weighted by Crippen LogP contribution is -2.44. The number of aromatic nitrogens is 1. The van der Waals surface area contributed by atoms with Crippen molar-refractivity contribution in [1.82, 2.24) is 20.1 Å². The molecule has 1 aromatic carbocycles. The summed E-state index contributed by atoms with van der Waals surface area (Å²) in [4.78, 5) is 38.8. The third kappa shape index (κ3) is 3.71. The van der Waals surface area contributed by atoms with Gasteiger partial charge in [0.2, 0.25) is 0 Å². The zero-order chi connectivity index (χ0) is 22.2. The van der Waals surface area contributed by atoms with E-state index in [9.17, 15) is 18.8 Å². The van der Waals surface area contributed by atoms with Gasteiger partial charge in [0.05, 0.1) is 11.3 Å². The first kappa shape index (κ1) is 21.1. The monoisotopic (exact) mass is 426 g/mol. The van der Waals surface area contributed by atoms with Crippen LogP contribution in [-0.4, -0.2) is 45.9 Å². The molecule has 1 aliphatic carbocycles. The number of para-hydroxylation sites is 1. The molecular weight excluding hydrogens is 399 g/mol. The molecule has 7 nitrogen and oxygen atoms in total. The molecule has 2 aromatic rings. The van der Waals surface area contributed by atoms with Gasteiger partial charge in [-0.05, 0) is 51.3 Å². The molecule has 1 saturated carbocycles. The van der Waals surface area contributed by atoms with E-state index < -0.39 is 5.54 Å². The van der Waals surface area contributed by atoms with Gasteiger partial charge in [0.15, 0.2) is 0 Å². The number of carbonyl (C=O) groups is 3. The van der Waals surface area contributed by atoms with E-state index in [0.717, 1.165) is 18.5 Å². The molecule has 2 heterocycles. The summed E-state index contributed by atoms with van der Waals surface area (Å²) in [6.45, 7) is 4.20. The molecule has 2 N–H and O–H groups in total. The molecule has 2 aliphatic rings. The Balaban J connectivity index is 1.36. The van der Waals surface area contributed by atoms with Crippen molar-refractivity contribution in [1.29, 1.82) is 0 Å². The van der Waals surface area contributed by atoms with Gasteiger partial charge in [-0.2, -0.15) is 0 Å². The fourth-order valence-electron chi connectivity index (χ4n) is 4.73. The molecule has 1 saturated heterocycles. The first-order valence-electron chi connectivity index (χ1n) is 10.7. The minimum absolute atomic E-state index is 0.144. The second-order valence-corrected chi connectivity index (χ2v) is 8.36. The molecule has 1 spiro atoms. The van der Waals surface area contributed by atoms with Crippen LogP contribution in [0.3, 0.4) is 0 Å². The number of hydrogen-bond acceptors (Lipinski definition) is 3. The average molecular weight is 426 g/mol. The number of amides is 4. The summed E-state index contributed by atoms with van der Waals surface area (Å²) in [5, 5.41) is 5.70. The lowest BCUT2D eigenvalue weighted by Gasteiger charge is -2.20. The Labute approximate surface area is 180 Å². The summed E-state index contributed by atoms with van der Waals surface area (Å²) in [6.07, 6.45) is 3.75. The molecule has 0 radical (unpaired) electrons. The highest BCUT2D eigenvalue weighted by molar-refractivity contribution is 6.07. The predicted octanol–water partition coefficient (Wildman–Crippen LogP) is 3.22. The van der Waals surface area contributed by atoms with Crippen molar-refractivity contribution in [3.05, 3.63) is 53.1 Å². The number of carbonyl (C=O) groups excluding carboxylic acids is 3. The number of nitrogens with one attached hydrogen (secondary N) is 2. The first-order chi connectivity index (χ1) is 14.8. The van der Waals surface area contributed by atoms with E-state index in [1.54, 1.807) is 35.8 Å². The summed E-state index contributed by atoms with van der Waals surface area (Å²) in [6, 6.07) is 7.83. The lowest BCUT2D eigenvalue weighted by atomic mass is 9.98. The maximum absolute atomic E-state index is 14.2. The van der Waals surface area contributed by atoms with Crippen molar-refractivity contribution in [2.45, 2.75) is 51.5 Å². The van der Waals surface area contributed by atoms with E-state index in [4.69, 9.17) is 0 Å². The third-order valence-electron chi connectivity index (χ3n) is 6.32. The number of hydrogen-bond donors (Lipinski definition) is 2. The van der Waals surface area contributed by atoms with Crippen LogP contribution in [0.2, 0.25) is 0 Å². The van der Waals surface area contributed by atoms with Gasteiger partial charge in [-0.3, -0.25) is 14.5 Å². The summed E-state index contributed by atoms with van der Waals surface area (Å²) >= 11 is 0. The summed E-state index contributed by atoms with van der Waals surface area (Å²) < 4.78 is 15.9. The van der Waals surface area contributed by atoms with Gasteiger partial charge in [0, 0.05) is 24.5 Å². The Hall–Kier alpha value is -3.16. The van der Waals surface area contributed by atoms with Crippen LogP contribution in [0.4, 0.5) is 9.18 Å². The predicted molar refractivity (Wildman–Crippen MR) is 114 cm³/mol. The van der Waals surface area contributed by atoms with Crippen LogP contribution in [0.1, 0.15) is 53.8 Å². The van der Waals surface area contributed by atoms with Gasteiger partial charge < -0.3 is 15.2 Å². The largest absolute Gasteiger partial charge is 0.352 e. The van der Waals surface area contributed by atoms with Gasteiger partial charge >= 0.3 is 6.03 Å². The molecular formula is C23H27FN4O3. The maximum atomic E-state index is 14.2. The van der Waals surface area contributed by atoms with Crippen molar-refractivity contribution >= 4 is 17.8 Å². The number of benzene rings is 1. The van der Waals surface area contributed by atoms with Gasteiger partial charge in [-0.25, -0.2) is 9.18 Å². The Bertz CT molecular complexity index is 1040. The van der Waals surface area contributed by atoms with E-state index in [1.165, 1.54) is 11.0 Å². The van der Waals surface area contributed by atoms with Gasteiger partial charge in [0.25, 0.3) is 11.8 Å². The SMILES string of the molecule is Cc1cc(C(=O)NCCCN2C(=O)NC3(CCCC3)C2=O)c(C)n1-c1ccccc1F. The Morgan fingerprint density at radius 1 is 1.19 bits per heavy atom. The van der Waals surface area contributed by atoms with Crippen molar-refractivity contribution in [3.8, 4) is 5.69 Å². The molecule has 0 atom stereocenters. The van der Waals surface area contributed by atoms with Crippen LogP contribution in [0, 0.1) is 19.7 Å². The molecule has 0 bridgehead atoms. The normalized spacial score (nSPS) is 17.5. The Kier molecular flexibility index (Phi) is 5.56. The maximum Gasteiger partial charge on any atom is 0.325 e. The molecule has 164 valence electrons. The highest BCUT2D eigenvalue weighted by Gasteiger charge is 2.51. The fraction of sp³-hybridized carbons (Fsp3) is 0.435. The van der Waals surface area contributed by atoms with E-state index in [-0.39, 0.29) is 30.2 Å². The minimum atomic E-state index is -0.704. The topological polar surface area (TPSA) is 83.4 Å². The fourth-order valence-corrected chi connectivity index (χ4v) is 4.73. The second-order valence-electron chi connectivity index (χ2n) is 8.36. The van der Waals surface area contributed by atoms with E-state index >= 15 is 0 Å². The van der Waals surface area contributed by atoms with Gasteiger partial charge in [-0.1, -0.05) is 25.0 Å². The smallest absolute Gasteiger partial charge is 0.325 e. The van der Waals surface area contributed by atoms with Crippen LogP contribution in [0.25, 0.3) is 5.69 Å². The third-order valence-corrected chi connectivity index (χ3v) is 6.32. The number of rotatable bonds is 6. The minimum Gasteiger partial charge on any atom is -0.352 e. The Morgan fingerprint density at radius 2 is 1.90 bits per heavy atom. The van der Waals surface area contributed by atoms with Crippen molar-refractivity contribution in [2.75, 3.05) is 13.1 Å². The van der Waals surface area contributed by atoms with Crippen LogP contribution >= 0.6 is 0 Å². The highest BCUT2D eigenvalue weighted by atomic mass is 19.1. The van der Waals surface area contributed by atoms with Crippen molar-refractivity contribution in [2.24, 2.45) is 0 Å². The number of aryl methyl sites for hydroxylation is 1. The Morgan fingerprint density at radius 3 is 2.61 bits per heavy atom. The number of halogens is 1. The standard InChI is InChI=1S/C23H27FN4O3/c1-15-14-17(16(2)28(15)19-9-4-3-8-18(19)24)20(29)25-12-7-13-27-21(30)23(26-22(27)31)10-5-6-11-23/h3-4,8-9,14H,5-7,10-13H2,1-2H3,(H,25,29)(H,26,31). The second kappa shape index (κ2) is 8.17. The van der Waals surface area contributed by atoms with Crippen molar-refractivity contribution < 1.29 is 18.8 Å². The molecule has 2 fully saturated rings. The van der Waals surface area contributed by atoms with Crippen LogP contribution < -0.4 is 10.6 Å². The molecule has 4 amide bonds. The summed E-state index contributed by atoms with van der Waals surface area (Å²) in [5.74, 6) is -0.764. The van der Waals surface area contributed by atoms with Crippen LogP contribution in [0.5, 0.6) is 0 Å². The van der Waals surface area contributed by atoms with Gasteiger partial charge in [-0.15, -0.1) is 0 Å². The quantitative estimate of drug-likeness (QED) is 0.550. The molecule has 0 unspecified atom stereocenters. The molecule has 31 heavy (non-hydrogen) atoms. The highest BCUT2D eigenvalue weighted by Crippen LogP contribution is 2.35. The molecule has 1 aromatic heterocycles. The number of urea groups is 1. The van der Waals surface area contributed by atoms with E-state index in [1.807, 2.05) is 6.92 Å². The number of nitrogens with zero attached hydrogens (tertiary/aromatic N) is 2. The molecule has 1 aliphatic heterocycles. The number of imide groups is 1. The zero-order valence-corrected chi connectivity index (χ0v) is 17.8. The van der Waals surface area contributed by atoms with E-state index in [0.29, 0.717) is 42.8 Å². The lowest BCUT2D eigenvalue weighted by molar-refractivity contribution is -0.131. The molecule has 8 heteroatoms. The molecule has 4 rings (SSSR count). The first-order valence-corrected chi connectivity index (χ1v) is 10.7. The van der Waals surface area contributed by atoms with Gasteiger partial charge in [0.1, 0.15) is 11.4 Å². The van der Waals surface area contributed by atoms with Crippen LogP contribution in [-0.2, 0) is 4.79 Å². The summed E-state index contributed by atoms with van der Waals surface area (Å²) in [7, 11) is 0. The van der Waals surface area contributed by atoms with Crippen LogP contribution in [0.15, 0.2) is 30.3 Å².